The average molecular weight is 313 g/mol. The van der Waals surface area contributed by atoms with Crippen LogP contribution in [0, 0.1) is 0 Å². The highest BCUT2D eigenvalue weighted by Gasteiger charge is 2.39. The summed E-state index contributed by atoms with van der Waals surface area (Å²) in [5.41, 5.74) is 0. The largest absolute Gasteiger partial charge is 0.386 e. The van der Waals surface area contributed by atoms with Gasteiger partial charge in [0.25, 0.3) is 0 Å². The summed E-state index contributed by atoms with van der Waals surface area (Å²) in [6, 6.07) is 3.52. The van der Waals surface area contributed by atoms with E-state index in [4.69, 9.17) is 0 Å². The van der Waals surface area contributed by atoms with Gasteiger partial charge in [0.15, 0.2) is 9.84 Å². The first-order chi connectivity index (χ1) is 6.66. The number of hydrogen-bond donors (Lipinski definition) is 1. The number of hydrogen-bond acceptors (Lipinski definition) is 4. The van der Waals surface area contributed by atoms with E-state index in [1.165, 1.54) is 25.2 Å². The third-order valence-electron chi connectivity index (χ3n) is 2.48. The molecule has 0 amide bonds. The van der Waals surface area contributed by atoms with Crippen LogP contribution in [0.3, 0.4) is 0 Å². The first-order valence-electron chi connectivity index (χ1n) is 4.29. The molecule has 1 rings (SSSR count). The lowest BCUT2D eigenvalue weighted by atomic mass is 10.1. The van der Waals surface area contributed by atoms with Gasteiger partial charge in [-0.25, -0.2) is 8.42 Å². The lowest BCUT2D eigenvalue weighted by Crippen LogP contribution is -2.37. The fraction of sp³-hybridized carbons (Fsp3) is 0.556. The van der Waals surface area contributed by atoms with Crippen LogP contribution in [0.2, 0.25) is 0 Å². The molecule has 0 aliphatic rings. The maximum absolute atomic E-state index is 11.5. The average Bonchev–Trinajstić information content (AvgIpc) is 2.48. The van der Waals surface area contributed by atoms with Crippen molar-refractivity contribution < 1.29 is 13.5 Å². The molecule has 0 aromatic carbocycles. The second-order valence-corrected chi connectivity index (χ2v) is 9.01. The molecule has 0 radical (unpaired) electrons. The number of aliphatic hydroxyl groups is 1. The van der Waals surface area contributed by atoms with Gasteiger partial charge in [0.05, 0.1) is 8.53 Å². The van der Waals surface area contributed by atoms with Crippen molar-refractivity contribution in [2.45, 2.75) is 24.7 Å². The van der Waals surface area contributed by atoms with Gasteiger partial charge in [-0.2, -0.15) is 0 Å². The minimum atomic E-state index is -3.30. The van der Waals surface area contributed by atoms with Gasteiger partial charge in [-0.05, 0) is 41.9 Å². The summed E-state index contributed by atoms with van der Waals surface area (Å²) in [4.78, 5) is 0.650. The summed E-state index contributed by atoms with van der Waals surface area (Å²) in [6.07, 6.45) is 0.141. The van der Waals surface area contributed by atoms with Crippen LogP contribution in [0.5, 0.6) is 0 Å². The van der Waals surface area contributed by atoms with Crippen molar-refractivity contribution in [3.8, 4) is 0 Å². The predicted molar refractivity (Wildman–Crippen MR) is 65.9 cm³/mol. The molecule has 1 N–H and O–H groups in total. The van der Waals surface area contributed by atoms with Gasteiger partial charge in [0, 0.05) is 11.1 Å². The van der Waals surface area contributed by atoms with E-state index in [0.29, 0.717) is 4.88 Å². The van der Waals surface area contributed by atoms with Gasteiger partial charge in [0.2, 0.25) is 0 Å². The molecule has 1 aromatic heterocycles. The molecule has 0 bridgehead atoms. The number of halogens is 1. The fourth-order valence-corrected chi connectivity index (χ4v) is 3.22. The molecule has 1 heterocycles. The summed E-state index contributed by atoms with van der Waals surface area (Å²) in [5, 5.41) is 10.0. The van der Waals surface area contributed by atoms with Crippen molar-refractivity contribution in [1.82, 2.24) is 0 Å². The van der Waals surface area contributed by atoms with Crippen LogP contribution in [0.1, 0.15) is 24.8 Å². The molecule has 0 fully saturated rings. The molecule has 1 unspecified atom stereocenters. The summed E-state index contributed by atoms with van der Waals surface area (Å²) < 4.78 is 22.7. The highest BCUT2D eigenvalue weighted by molar-refractivity contribution is 9.11. The van der Waals surface area contributed by atoms with E-state index < -0.39 is 20.7 Å². The molecule has 0 saturated carbocycles. The number of thiophene rings is 1. The van der Waals surface area contributed by atoms with Crippen LogP contribution < -0.4 is 0 Å². The zero-order valence-electron chi connectivity index (χ0n) is 8.69. The van der Waals surface area contributed by atoms with Crippen molar-refractivity contribution in [3.05, 3.63) is 20.8 Å². The lowest BCUT2D eigenvalue weighted by molar-refractivity contribution is 0.143. The summed E-state index contributed by atoms with van der Waals surface area (Å²) in [6.45, 7) is 3.06. The van der Waals surface area contributed by atoms with Gasteiger partial charge in [-0.15, -0.1) is 11.3 Å². The second kappa shape index (κ2) is 4.16. The normalized spacial score (nSPS) is 15.3. The Hall–Kier alpha value is 0.0900. The Bertz CT molecular complexity index is 448. The zero-order chi connectivity index (χ0) is 11.9. The van der Waals surface area contributed by atoms with E-state index in [0.717, 1.165) is 10.0 Å². The molecular weight excluding hydrogens is 300 g/mol. The Morgan fingerprint density at radius 1 is 1.47 bits per heavy atom. The van der Waals surface area contributed by atoms with Gasteiger partial charge in [-0.3, -0.25) is 0 Å². The smallest absolute Gasteiger partial charge is 0.155 e. The van der Waals surface area contributed by atoms with E-state index in [9.17, 15) is 13.5 Å². The van der Waals surface area contributed by atoms with Crippen molar-refractivity contribution in [2.24, 2.45) is 0 Å². The molecule has 0 aliphatic heterocycles. The summed E-state index contributed by atoms with van der Waals surface area (Å²) >= 11 is 4.62. The topological polar surface area (TPSA) is 54.4 Å². The van der Waals surface area contributed by atoms with Crippen LogP contribution >= 0.6 is 27.3 Å². The molecule has 15 heavy (non-hydrogen) atoms. The molecule has 0 aliphatic carbocycles. The predicted octanol–water partition coefficient (Wildman–Crippen LogP) is 2.37. The van der Waals surface area contributed by atoms with Gasteiger partial charge in [0.1, 0.15) is 6.10 Å². The van der Waals surface area contributed by atoms with Crippen molar-refractivity contribution >= 4 is 37.1 Å². The van der Waals surface area contributed by atoms with Crippen molar-refractivity contribution in [2.75, 3.05) is 6.26 Å². The van der Waals surface area contributed by atoms with Crippen LogP contribution in [-0.2, 0) is 9.84 Å². The Morgan fingerprint density at radius 2 is 2.00 bits per heavy atom. The van der Waals surface area contributed by atoms with Crippen LogP contribution in [0.25, 0.3) is 0 Å². The Kier molecular flexibility index (Phi) is 3.65. The maximum atomic E-state index is 11.5. The molecule has 0 saturated heterocycles. The van der Waals surface area contributed by atoms with E-state index >= 15 is 0 Å². The fourth-order valence-electron chi connectivity index (χ4n) is 1.02. The minimum absolute atomic E-state index is 0.650. The summed E-state index contributed by atoms with van der Waals surface area (Å²) in [7, 11) is -3.30. The van der Waals surface area contributed by atoms with E-state index in [-0.39, 0.29) is 0 Å². The van der Waals surface area contributed by atoms with Crippen LogP contribution in [-0.4, -0.2) is 24.5 Å². The Balaban J connectivity index is 3.10. The zero-order valence-corrected chi connectivity index (χ0v) is 11.9. The van der Waals surface area contributed by atoms with Crippen molar-refractivity contribution in [3.63, 3.8) is 0 Å². The van der Waals surface area contributed by atoms with Crippen LogP contribution in [0.15, 0.2) is 15.9 Å². The van der Waals surface area contributed by atoms with Crippen LogP contribution in [0.4, 0.5) is 0 Å². The maximum Gasteiger partial charge on any atom is 0.155 e. The quantitative estimate of drug-likeness (QED) is 0.932. The molecular formula is C9H13BrO3S2. The van der Waals surface area contributed by atoms with Crippen molar-refractivity contribution in [1.29, 1.82) is 0 Å². The highest BCUT2D eigenvalue weighted by Crippen LogP contribution is 2.36. The highest BCUT2D eigenvalue weighted by atomic mass is 79.9. The standard InChI is InChI=1S/C9H13BrO3S2/c1-9(2,15(3,12)13)8(11)6-4-5-7(10)14-6/h4-5,8,11H,1-3H3. The second-order valence-electron chi connectivity index (χ2n) is 3.92. The Labute approximate surface area is 102 Å². The van der Waals surface area contributed by atoms with Gasteiger partial charge in [-0.1, -0.05) is 0 Å². The minimum Gasteiger partial charge on any atom is -0.386 e. The number of aliphatic hydroxyl groups excluding tert-OH is 1. The number of rotatable bonds is 3. The first-order valence-corrected chi connectivity index (χ1v) is 7.79. The molecule has 0 spiro atoms. The Morgan fingerprint density at radius 3 is 2.33 bits per heavy atom. The summed E-state index contributed by atoms with van der Waals surface area (Å²) in [5.74, 6) is 0. The van der Waals surface area contributed by atoms with Gasteiger partial charge < -0.3 is 5.11 Å². The van der Waals surface area contributed by atoms with Gasteiger partial charge >= 0.3 is 0 Å². The molecule has 3 nitrogen and oxygen atoms in total. The monoisotopic (exact) mass is 312 g/mol. The molecule has 6 heteroatoms. The third kappa shape index (κ3) is 2.61. The number of sulfone groups is 1. The molecule has 86 valence electrons. The molecule has 1 aromatic rings. The molecule has 1 atom stereocenters. The first kappa shape index (κ1) is 13.2. The lowest BCUT2D eigenvalue weighted by Gasteiger charge is -2.27. The SMILES string of the molecule is CC(C)(C(O)c1ccc(Br)s1)S(C)(=O)=O. The van der Waals surface area contributed by atoms with E-state index in [1.807, 2.05) is 0 Å². The van der Waals surface area contributed by atoms with E-state index in [2.05, 4.69) is 15.9 Å². The van der Waals surface area contributed by atoms with E-state index in [1.54, 1.807) is 12.1 Å². The third-order valence-corrected chi connectivity index (χ3v) is 6.29.